The molecule has 184 valence electrons. The summed E-state index contributed by atoms with van der Waals surface area (Å²) in [5, 5.41) is 12.6. The van der Waals surface area contributed by atoms with Crippen molar-refractivity contribution in [3.05, 3.63) is 95.1 Å². The first-order valence-corrected chi connectivity index (χ1v) is 13.3. The maximum atomic E-state index is 12.7. The predicted octanol–water partition coefficient (Wildman–Crippen LogP) is 4.07. The lowest BCUT2D eigenvalue weighted by Gasteiger charge is -2.17. The molecule has 1 heterocycles. The van der Waals surface area contributed by atoms with Gasteiger partial charge in [0.15, 0.2) is 0 Å². The summed E-state index contributed by atoms with van der Waals surface area (Å²) >= 11 is 0. The van der Waals surface area contributed by atoms with E-state index in [9.17, 15) is 18.3 Å². The van der Waals surface area contributed by atoms with Crippen molar-refractivity contribution in [2.45, 2.75) is 43.9 Å². The van der Waals surface area contributed by atoms with Crippen LogP contribution in [0.25, 0.3) is 0 Å². The zero-order valence-corrected chi connectivity index (χ0v) is 20.6. The van der Waals surface area contributed by atoms with Crippen LogP contribution in [0.2, 0.25) is 0 Å². The summed E-state index contributed by atoms with van der Waals surface area (Å²) in [6, 6.07) is 20.5. The van der Waals surface area contributed by atoms with Gasteiger partial charge in [0.05, 0.1) is 11.0 Å². The molecule has 3 aromatic rings. The van der Waals surface area contributed by atoms with E-state index in [1.54, 1.807) is 43.3 Å². The lowest BCUT2D eigenvalue weighted by atomic mass is 10.1. The molecule has 1 amide bonds. The predicted molar refractivity (Wildman–Crippen MR) is 136 cm³/mol. The van der Waals surface area contributed by atoms with Crippen LogP contribution in [0.4, 0.5) is 5.69 Å². The zero-order chi connectivity index (χ0) is 24.8. The van der Waals surface area contributed by atoms with E-state index in [2.05, 4.69) is 21.0 Å². The number of likely N-dealkylation sites (tertiary alicyclic amines) is 1. The third-order valence-corrected chi connectivity index (χ3v) is 7.62. The van der Waals surface area contributed by atoms with Crippen LogP contribution >= 0.6 is 0 Å². The topological polar surface area (TPSA) is 98.7 Å². The van der Waals surface area contributed by atoms with Crippen LogP contribution in [0.3, 0.4) is 0 Å². The fourth-order valence-corrected chi connectivity index (χ4v) is 5.23. The van der Waals surface area contributed by atoms with Gasteiger partial charge in [-0.3, -0.25) is 14.4 Å². The van der Waals surface area contributed by atoms with Gasteiger partial charge in [0.25, 0.3) is 15.9 Å². The van der Waals surface area contributed by atoms with Gasteiger partial charge in [0, 0.05) is 24.3 Å². The molecular weight excluding hydrogens is 462 g/mol. The fraction of sp³-hybridized carbons (Fsp3) is 0.296. The Hall–Kier alpha value is -3.20. The Morgan fingerprint density at radius 3 is 2.20 bits per heavy atom. The molecule has 0 aliphatic carbocycles. The van der Waals surface area contributed by atoms with Crippen LogP contribution in [-0.2, 0) is 23.1 Å². The molecule has 8 heteroatoms. The van der Waals surface area contributed by atoms with Gasteiger partial charge < -0.3 is 10.4 Å². The molecule has 0 unspecified atom stereocenters. The Morgan fingerprint density at radius 2 is 1.57 bits per heavy atom. The van der Waals surface area contributed by atoms with Gasteiger partial charge in [-0.05, 0) is 85.9 Å². The van der Waals surface area contributed by atoms with Crippen molar-refractivity contribution in [1.29, 1.82) is 0 Å². The summed E-state index contributed by atoms with van der Waals surface area (Å²) in [7, 11) is -3.79. The molecule has 0 radical (unpaired) electrons. The second-order valence-electron chi connectivity index (χ2n) is 8.86. The third kappa shape index (κ3) is 6.48. The standard InChI is InChI=1S/C27H31N3O4S/c1-20(31)21-10-14-26(15-11-21)35(33,34)29-25-12-8-22(9-13-25)27(32)28-18-23-6-2-3-7-24(23)19-30-16-4-5-17-30/h2-3,6-15,20,29,31H,4-5,16-19H2,1H3,(H,28,32)/t20-/m1/s1. The number of hydrogen-bond donors (Lipinski definition) is 3. The van der Waals surface area contributed by atoms with Crippen molar-refractivity contribution in [2.75, 3.05) is 17.8 Å². The summed E-state index contributed by atoms with van der Waals surface area (Å²) in [4.78, 5) is 15.2. The van der Waals surface area contributed by atoms with E-state index in [0.717, 1.165) is 25.2 Å². The summed E-state index contributed by atoms with van der Waals surface area (Å²) in [5.74, 6) is -0.218. The van der Waals surface area contributed by atoms with E-state index in [-0.39, 0.29) is 10.8 Å². The number of carbonyl (C=O) groups is 1. The van der Waals surface area contributed by atoms with Gasteiger partial charge in [-0.2, -0.15) is 0 Å². The molecule has 4 rings (SSSR count). The minimum atomic E-state index is -3.79. The number of amides is 1. The van der Waals surface area contributed by atoms with Crippen LogP contribution in [0.5, 0.6) is 0 Å². The third-order valence-electron chi connectivity index (χ3n) is 6.22. The molecule has 1 aliphatic rings. The van der Waals surface area contributed by atoms with E-state index in [1.165, 1.54) is 30.5 Å². The van der Waals surface area contributed by atoms with Crippen molar-refractivity contribution < 1.29 is 18.3 Å². The quantitative estimate of drug-likeness (QED) is 0.417. The van der Waals surface area contributed by atoms with Gasteiger partial charge in [0.2, 0.25) is 0 Å². The van der Waals surface area contributed by atoms with Crippen LogP contribution in [0.1, 0.15) is 52.9 Å². The molecule has 1 aliphatic heterocycles. The largest absolute Gasteiger partial charge is 0.389 e. The fourth-order valence-electron chi connectivity index (χ4n) is 4.17. The highest BCUT2D eigenvalue weighted by atomic mass is 32.2. The number of aliphatic hydroxyl groups is 1. The van der Waals surface area contributed by atoms with E-state index in [1.807, 2.05) is 18.2 Å². The molecule has 1 atom stereocenters. The van der Waals surface area contributed by atoms with Gasteiger partial charge in [-0.1, -0.05) is 36.4 Å². The van der Waals surface area contributed by atoms with Crippen molar-refractivity contribution in [1.82, 2.24) is 10.2 Å². The van der Waals surface area contributed by atoms with Crippen molar-refractivity contribution in [3.8, 4) is 0 Å². The lowest BCUT2D eigenvalue weighted by molar-refractivity contribution is 0.0950. The summed E-state index contributed by atoms with van der Waals surface area (Å²) in [5.41, 5.74) is 3.76. The first-order chi connectivity index (χ1) is 16.8. The second-order valence-corrected chi connectivity index (χ2v) is 10.5. The molecule has 35 heavy (non-hydrogen) atoms. The molecule has 7 nitrogen and oxygen atoms in total. The molecule has 1 fully saturated rings. The molecular formula is C27H31N3O4S. The maximum absolute atomic E-state index is 12.7. The van der Waals surface area contributed by atoms with Gasteiger partial charge in [-0.25, -0.2) is 8.42 Å². The Kier molecular flexibility index (Phi) is 7.85. The van der Waals surface area contributed by atoms with Gasteiger partial charge >= 0.3 is 0 Å². The summed E-state index contributed by atoms with van der Waals surface area (Å²) < 4.78 is 27.8. The van der Waals surface area contributed by atoms with Crippen LogP contribution in [0.15, 0.2) is 77.7 Å². The Morgan fingerprint density at radius 1 is 0.943 bits per heavy atom. The average Bonchev–Trinajstić information content (AvgIpc) is 3.37. The minimum absolute atomic E-state index is 0.0938. The number of rotatable bonds is 9. The lowest BCUT2D eigenvalue weighted by Crippen LogP contribution is -2.25. The monoisotopic (exact) mass is 493 g/mol. The number of hydrogen-bond acceptors (Lipinski definition) is 5. The number of sulfonamides is 1. The highest BCUT2D eigenvalue weighted by Crippen LogP contribution is 2.20. The number of nitrogens with zero attached hydrogens (tertiary/aromatic N) is 1. The van der Waals surface area contributed by atoms with Crippen LogP contribution in [0, 0.1) is 0 Å². The Balaban J connectivity index is 1.36. The molecule has 0 aromatic heterocycles. The molecule has 1 saturated heterocycles. The van der Waals surface area contributed by atoms with E-state index < -0.39 is 16.1 Å². The maximum Gasteiger partial charge on any atom is 0.261 e. The van der Waals surface area contributed by atoms with Gasteiger partial charge in [0.1, 0.15) is 0 Å². The summed E-state index contributed by atoms with van der Waals surface area (Å²) in [6.45, 7) is 5.17. The first-order valence-electron chi connectivity index (χ1n) is 11.8. The number of anilines is 1. The summed E-state index contributed by atoms with van der Waals surface area (Å²) in [6.07, 6.45) is 1.80. The molecule has 0 spiro atoms. The van der Waals surface area contributed by atoms with E-state index in [4.69, 9.17) is 0 Å². The van der Waals surface area contributed by atoms with Gasteiger partial charge in [-0.15, -0.1) is 0 Å². The minimum Gasteiger partial charge on any atom is -0.389 e. The van der Waals surface area contributed by atoms with Crippen LogP contribution in [-0.4, -0.2) is 37.4 Å². The van der Waals surface area contributed by atoms with Crippen LogP contribution < -0.4 is 10.0 Å². The second kappa shape index (κ2) is 11.0. The molecule has 0 bridgehead atoms. The Labute approximate surface area is 206 Å². The Bertz CT molecular complexity index is 1250. The number of benzene rings is 3. The highest BCUT2D eigenvalue weighted by Gasteiger charge is 2.16. The highest BCUT2D eigenvalue weighted by molar-refractivity contribution is 7.92. The van der Waals surface area contributed by atoms with Crippen molar-refractivity contribution in [2.24, 2.45) is 0 Å². The molecule has 3 N–H and O–H groups in total. The van der Waals surface area contributed by atoms with E-state index in [0.29, 0.717) is 23.4 Å². The van der Waals surface area contributed by atoms with Crippen molar-refractivity contribution in [3.63, 3.8) is 0 Å². The number of carbonyl (C=O) groups excluding carboxylic acids is 1. The average molecular weight is 494 g/mol. The normalized spacial score (nSPS) is 15.0. The molecule has 3 aromatic carbocycles. The van der Waals surface area contributed by atoms with E-state index >= 15 is 0 Å². The smallest absolute Gasteiger partial charge is 0.261 e. The van der Waals surface area contributed by atoms with Crippen molar-refractivity contribution >= 4 is 21.6 Å². The molecule has 0 saturated carbocycles. The SMILES string of the molecule is C[C@@H](O)c1ccc(S(=O)(=O)Nc2ccc(C(=O)NCc3ccccc3CN3CCCC3)cc2)cc1. The first kappa shape index (κ1) is 24.9. The number of aliphatic hydroxyl groups excluding tert-OH is 1. The zero-order valence-electron chi connectivity index (χ0n) is 19.8. The number of nitrogens with one attached hydrogen (secondary N) is 2.